The largest absolute Gasteiger partial charge is 0.493 e. The molecule has 0 aliphatic carbocycles. The van der Waals surface area contributed by atoms with Crippen molar-refractivity contribution in [2.75, 3.05) is 31.1 Å². The fraction of sp³-hybridized carbons (Fsp3) is 0.148. The highest BCUT2D eigenvalue weighted by Crippen LogP contribution is 2.42. The van der Waals surface area contributed by atoms with Crippen molar-refractivity contribution < 1.29 is 22.7 Å². The van der Waals surface area contributed by atoms with Gasteiger partial charge in [0.15, 0.2) is 16.4 Å². The first-order valence-corrected chi connectivity index (χ1v) is 12.5. The topological polar surface area (TPSA) is 84.9 Å². The van der Waals surface area contributed by atoms with Gasteiger partial charge in [-0.15, -0.1) is 6.58 Å². The summed E-state index contributed by atoms with van der Waals surface area (Å²) in [5.41, 5.74) is 2.16. The van der Waals surface area contributed by atoms with Gasteiger partial charge >= 0.3 is 0 Å². The van der Waals surface area contributed by atoms with Crippen molar-refractivity contribution in [3.05, 3.63) is 108 Å². The van der Waals surface area contributed by atoms with Crippen molar-refractivity contribution in [3.63, 3.8) is 0 Å². The number of sulfonamides is 1. The van der Waals surface area contributed by atoms with Gasteiger partial charge in [0.05, 0.1) is 25.9 Å². The van der Waals surface area contributed by atoms with Crippen molar-refractivity contribution in [3.8, 4) is 11.5 Å². The van der Waals surface area contributed by atoms with Crippen LogP contribution in [-0.2, 0) is 14.8 Å². The van der Waals surface area contributed by atoms with E-state index in [9.17, 15) is 13.2 Å². The van der Waals surface area contributed by atoms with Gasteiger partial charge in [-0.25, -0.2) is 8.42 Å². The van der Waals surface area contributed by atoms with Crippen LogP contribution in [0.5, 0.6) is 11.5 Å². The van der Waals surface area contributed by atoms with Crippen LogP contribution >= 0.6 is 0 Å². The lowest BCUT2D eigenvalue weighted by atomic mass is 9.95. The summed E-state index contributed by atoms with van der Waals surface area (Å²) < 4.78 is 39.7. The molecule has 1 amide bonds. The van der Waals surface area contributed by atoms with Crippen LogP contribution in [0.25, 0.3) is 5.57 Å². The van der Waals surface area contributed by atoms with E-state index < -0.39 is 15.9 Å². The van der Waals surface area contributed by atoms with E-state index in [-0.39, 0.29) is 24.6 Å². The Hall–Kier alpha value is -4.04. The van der Waals surface area contributed by atoms with E-state index in [0.717, 1.165) is 0 Å². The van der Waals surface area contributed by atoms with Crippen LogP contribution in [-0.4, -0.2) is 41.1 Å². The highest BCUT2D eigenvalue weighted by molar-refractivity contribution is 7.97. The van der Waals surface area contributed by atoms with Gasteiger partial charge in [0.2, 0.25) is 0 Å². The Morgan fingerprint density at radius 1 is 0.971 bits per heavy atom. The first-order chi connectivity index (χ1) is 17.0. The van der Waals surface area contributed by atoms with Gasteiger partial charge in [0.25, 0.3) is 15.9 Å². The Bertz CT molecular complexity index is 1370. The molecule has 7 nitrogen and oxygen atoms in total. The molecule has 1 aliphatic rings. The molecule has 3 aromatic rings. The quantitative estimate of drug-likeness (QED) is 0.362. The van der Waals surface area contributed by atoms with E-state index in [1.54, 1.807) is 43.5 Å². The number of hydrogen-bond donors (Lipinski definition) is 1. The van der Waals surface area contributed by atoms with Crippen molar-refractivity contribution >= 4 is 27.2 Å². The normalized spacial score (nSPS) is 14.1. The predicted molar refractivity (Wildman–Crippen MR) is 137 cm³/mol. The second-order valence-corrected chi connectivity index (χ2v) is 9.47. The van der Waals surface area contributed by atoms with Gasteiger partial charge in [-0.05, 0) is 23.8 Å². The minimum absolute atomic E-state index is 0.0368. The molecule has 35 heavy (non-hydrogen) atoms. The lowest BCUT2D eigenvalue weighted by Gasteiger charge is -2.32. The van der Waals surface area contributed by atoms with E-state index in [1.165, 1.54) is 10.4 Å². The zero-order valence-electron chi connectivity index (χ0n) is 19.3. The lowest BCUT2D eigenvalue weighted by Crippen LogP contribution is -2.42. The summed E-state index contributed by atoms with van der Waals surface area (Å²) in [5.74, 6) is 0.403. The molecule has 0 atom stereocenters. The first-order valence-electron chi connectivity index (χ1n) is 11.1. The maximum atomic E-state index is 13.7. The predicted octanol–water partition coefficient (Wildman–Crippen LogP) is 3.99. The van der Waals surface area contributed by atoms with Gasteiger partial charge in [0, 0.05) is 11.1 Å². The fourth-order valence-corrected chi connectivity index (χ4v) is 5.71. The number of carbonyl (C=O) groups excluding carboxylic acids is 1. The molecule has 0 saturated heterocycles. The molecular formula is C27H26N2O5S. The van der Waals surface area contributed by atoms with Crippen molar-refractivity contribution in [2.24, 2.45) is 0 Å². The first kappa shape index (κ1) is 24.1. The molecule has 0 aromatic heterocycles. The Labute approximate surface area is 205 Å². The molecule has 8 heteroatoms. The molecule has 0 fully saturated rings. The summed E-state index contributed by atoms with van der Waals surface area (Å²) >= 11 is 0. The summed E-state index contributed by atoms with van der Waals surface area (Å²) in [6, 6.07) is 23.4. The monoisotopic (exact) mass is 490 g/mol. The van der Waals surface area contributed by atoms with Crippen molar-refractivity contribution in [1.82, 2.24) is 5.32 Å². The van der Waals surface area contributed by atoms with Gasteiger partial charge in [-0.1, -0.05) is 66.7 Å². The summed E-state index contributed by atoms with van der Waals surface area (Å²) in [7, 11) is -2.62. The van der Waals surface area contributed by atoms with Gasteiger partial charge in [-0.3, -0.25) is 9.10 Å². The SMILES string of the molecule is C=CCN1c2ccccc2C(c2ccccc2)=C(C(=O)NCCOc2ccccc2OC)S1(=O)=O. The summed E-state index contributed by atoms with van der Waals surface area (Å²) in [4.78, 5) is 13.1. The third kappa shape index (κ3) is 4.79. The highest BCUT2D eigenvalue weighted by atomic mass is 32.2. The minimum atomic E-state index is -4.17. The second kappa shape index (κ2) is 10.5. The number of rotatable bonds is 9. The Kier molecular flexibility index (Phi) is 7.22. The van der Waals surface area contributed by atoms with Crippen LogP contribution in [0.2, 0.25) is 0 Å². The zero-order chi connectivity index (χ0) is 24.8. The number of anilines is 1. The summed E-state index contributed by atoms with van der Waals surface area (Å²) in [6.07, 6.45) is 1.50. The van der Waals surface area contributed by atoms with Crippen LogP contribution in [0.3, 0.4) is 0 Å². The minimum Gasteiger partial charge on any atom is -0.493 e. The van der Waals surface area contributed by atoms with E-state index in [4.69, 9.17) is 9.47 Å². The van der Waals surface area contributed by atoms with Crippen LogP contribution in [0.4, 0.5) is 5.69 Å². The molecule has 180 valence electrons. The third-order valence-corrected chi connectivity index (χ3v) is 7.33. The molecule has 0 bridgehead atoms. The van der Waals surface area contributed by atoms with Crippen LogP contribution < -0.4 is 19.1 Å². The van der Waals surface area contributed by atoms with E-state index in [0.29, 0.717) is 33.9 Å². The van der Waals surface area contributed by atoms with E-state index in [1.807, 2.05) is 42.5 Å². The molecule has 0 spiro atoms. The number of ether oxygens (including phenoxy) is 2. The van der Waals surface area contributed by atoms with E-state index in [2.05, 4.69) is 11.9 Å². The number of carbonyl (C=O) groups is 1. The Balaban J connectivity index is 1.69. The smallest absolute Gasteiger partial charge is 0.270 e. The number of fused-ring (bicyclic) bond motifs is 1. The molecule has 0 unspecified atom stereocenters. The van der Waals surface area contributed by atoms with E-state index >= 15 is 0 Å². The number of amides is 1. The number of methoxy groups -OCH3 is 1. The molecule has 1 heterocycles. The molecular weight excluding hydrogens is 464 g/mol. The van der Waals surface area contributed by atoms with Gasteiger partial charge in [0.1, 0.15) is 6.61 Å². The fourth-order valence-electron chi connectivity index (χ4n) is 3.97. The van der Waals surface area contributed by atoms with Crippen molar-refractivity contribution in [1.29, 1.82) is 0 Å². The van der Waals surface area contributed by atoms with Crippen molar-refractivity contribution in [2.45, 2.75) is 0 Å². The van der Waals surface area contributed by atoms with Crippen LogP contribution in [0, 0.1) is 0 Å². The number of hydrogen-bond acceptors (Lipinski definition) is 5. The second-order valence-electron chi connectivity index (χ2n) is 7.67. The zero-order valence-corrected chi connectivity index (χ0v) is 20.1. The third-order valence-electron chi connectivity index (χ3n) is 5.50. The average molecular weight is 491 g/mol. The molecule has 0 radical (unpaired) electrons. The number of nitrogens with one attached hydrogen (secondary N) is 1. The maximum Gasteiger partial charge on any atom is 0.270 e. The molecule has 1 aliphatic heterocycles. The molecule has 0 saturated carbocycles. The van der Waals surface area contributed by atoms with Crippen LogP contribution in [0.15, 0.2) is 96.4 Å². The van der Waals surface area contributed by atoms with Crippen LogP contribution in [0.1, 0.15) is 11.1 Å². The number of nitrogens with zero attached hydrogens (tertiary/aromatic N) is 1. The average Bonchev–Trinajstić information content (AvgIpc) is 2.88. The Morgan fingerprint density at radius 2 is 1.63 bits per heavy atom. The van der Waals surface area contributed by atoms with Gasteiger partial charge < -0.3 is 14.8 Å². The molecule has 4 rings (SSSR count). The number of para-hydroxylation sites is 3. The summed E-state index contributed by atoms with van der Waals surface area (Å²) in [6.45, 7) is 3.96. The highest BCUT2D eigenvalue weighted by Gasteiger charge is 2.40. The maximum absolute atomic E-state index is 13.7. The van der Waals surface area contributed by atoms with Gasteiger partial charge in [-0.2, -0.15) is 0 Å². The molecule has 3 aromatic carbocycles. The lowest BCUT2D eigenvalue weighted by molar-refractivity contribution is -0.116. The number of benzene rings is 3. The standard InChI is InChI=1S/C27H26N2O5S/c1-3-18-29-22-14-8-7-13-21(22)25(20-11-5-4-6-12-20)26(35(29,31)32)27(30)28-17-19-34-24-16-10-9-15-23(24)33-2/h3-16H,1,17-19H2,2H3,(H,28,30). The Morgan fingerprint density at radius 3 is 2.34 bits per heavy atom. The summed E-state index contributed by atoms with van der Waals surface area (Å²) in [5, 5.41) is 2.71. The molecule has 1 N–H and O–H groups in total.